The van der Waals surface area contributed by atoms with Gasteiger partial charge in [0.05, 0.1) is 4.92 Å². The molecule has 0 saturated heterocycles. The zero-order chi connectivity index (χ0) is 20.7. The molecule has 0 bridgehead atoms. The van der Waals surface area contributed by atoms with Gasteiger partial charge in [0.15, 0.2) is 5.11 Å². The van der Waals surface area contributed by atoms with Crippen molar-refractivity contribution in [1.29, 1.82) is 0 Å². The van der Waals surface area contributed by atoms with Crippen LogP contribution >= 0.6 is 12.2 Å². The number of nitro groups is 1. The highest BCUT2D eigenvalue weighted by Gasteiger charge is 2.08. The number of rotatable bonds is 5. The van der Waals surface area contributed by atoms with E-state index < -0.39 is 10.8 Å². The monoisotopic (exact) mass is 398 g/mol. The lowest BCUT2D eigenvalue weighted by molar-refractivity contribution is -0.384. The van der Waals surface area contributed by atoms with Crippen LogP contribution in [0.2, 0.25) is 0 Å². The molecule has 0 aliphatic carbocycles. The number of benzene rings is 2. The summed E-state index contributed by atoms with van der Waals surface area (Å²) in [6.07, 6.45) is 2.68. The van der Waals surface area contributed by atoms with Crippen molar-refractivity contribution >= 4 is 52.3 Å². The number of carbonyl (C=O) groups is 2. The van der Waals surface area contributed by atoms with E-state index in [-0.39, 0.29) is 16.7 Å². The average Bonchev–Trinajstić information content (AvgIpc) is 2.66. The van der Waals surface area contributed by atoms with E-state index >= 15 is 0 Å². The van der Waals surface area contributed by atoms with E-state index in [0.29, 0.717) is 16.9 Å². The lowest BCUT2D eigenvalue weighted by Crippen LogP contribution is -2.32. The second kappa shape index (κ2) is 9.38. The van der Waals surface area contributed by atoms with Crippen LogP contribution in [0.5, 0.6) is 0 Å². The lowest BCUT2D eigenvalue weighted by Gasteiger charge is -2.16. The Labute approximate surface area is 167 Å². The van der Waals surface area contributed by atoms with Gasteiger partial charge in [-0.25, -0.2) is 0 Å². The summed E-state index contributed by atoms with van der Waals surface area (Å²) < 4.78 is 0. The summed E-state index contributed by atoms with van der Waals surface area (Å²) in [5, 5.41) is 16.2. The molecule has 144 valence electrons. The topological polar surface area (TPSA) is 105 Å². The first-order chi connectivity index (χ1) is 13.3. The normalized spacial score (nSPS) is 10.4. The number of hydrogen-bond donors (Lipinski definition) is 2. The first kappa shape index (κ1) is 20.7. The van der Waals surface area contributed by atoms with Gasteiger partial charge in [0.2, 0.25) is 11.8 Å². The Morgan fingerprint density at radius 3 is 2.57 bits per heavy atom. The summed E-state index contributed by atoms with van der Waals surface area (Å²) in [6.45, 7) is 1.46. The van der Waals surface area contributed by atoms with Crippen LogP contribution in [0.1, 0.15) is 12.5 Å². The number of thiocarbonyl (C=S) groups is 1. The van der Waals surface area contributed by atoms with Crippen molar-refractivity contribution < 1.29 is 14.5 Å². The summed E-state index contributed by atoms with van der Waals surface area (Å²) in [4.78, 5) is 35.2. The van der Waals surface area contributed by atoms with Gasteiger partial charge in [-0.05, 0) is 42.1 Å². The molecule has 0 heterocycles. The molecule has 2 N–H and O–H groups in total. The van der Waals surface area contributed by atoms with Crippen LogP contribution in [0.25, 0.3) is 6.08 Å². The molecule has 9 heteroatoms. The van der Waals surface area contributed by atoms with Crippen LogP contribution in [-0.4, -0.2) is 28.9 Å². The minimum absolute atomic E-state index is 0.0600. The molecule has 28 heavy (non-hydrogen) atoms. The summed E-state index contributed by atoms with van der Waals surface area (Å²) in [6, 6.07) is 12.9. The highest BCUT2D eigenvalue weighted by Crippen LogP contribution is 2.18. The number of nitrogens with one attached hydrogen (secondary N) is 2. The van der Waals surface area contributed by atoms with Crippen molar-refractivity contribution in [2.45, 2.75) is 6.92 Å². The maximum absolute atomic E-state index is 12.0. The third-order valence-electron chi connectivity index (χ3n) is 3.71. The second-order valence-electron chi connectivity index (χ2n) is 5.76. The molecule has 0 radical (unpaired) electrons. The smallest absolute Gasteiger partial charge is 0.270 e. The van der Waals surface area contributed by atoms with E-state index in [0.717, 1.165) is 0 Å². The van der Waals surface area contributed by atoms with Gasteiger partial charge in [0.1, 0.15) is 0 Å². The number of nitrogens with zero attached hydrogens (tertiary/aromatic N) is 2. The quantitative estimate of drug-likeness (QED) is 0.347. The van der Waals surface area contributed by atoms with Crippen LogP contribution in [0.4, 0.5) is 17.1 Å². The Morgan fingerprint density at radius 1 is 1.18 bits per heavy atom. The predicted molar refractivity (Wildman–Crippen MR) is 112 cm³/mol. The molecular formula is C19H18N4O4S. The summed E-state index contributed by atoms with van der Waals surface area (Å²) in [7, 11) is 1.65. The molecule has 0 aliphatic rings. The average molecular weight is 398 g/mol. The number of hydrogen-bond acceptors (Lipinski definition) is 5. The van der Waals surface area contributed by atoms with Crippen LogP contribution in [0, 0.1) is 10.1 Å². The van der Waals surface area contributed by atoms with Gasteiger partial charge in [-0.1, -0.05) is 18.2 Å². The fourth-order valence-electron chi connectivity index (χ4n) is 2.20. The van der Waals surface area contributed by atoms with Crippen LogP contribution < -0.4 is 15.5 Å². The summed E-state index contributed by atoms with van der Waals surface area (Å²) >= 11 is 5.11. The molecule has 0 saturated carbocycles. The highest BCUT2D eigenvalue weighted by molar-refractivity contribution is 7.80. The molecule has 2 amide bonds. The van der Waals surface area contributed by atoms with Gasteiger partial charge >= 0.3 is 0 Å². The maximum Gasteiger partial charge on any atom is 0.270 e. The fraction of sp³-hybridized carbons (Fsp3) is 0.105. The van der Waals surface area contributed by atoms with Crippen molar-refractivity contribution in [2.75, 3.05) is 17.3 Å². The van der Waals surface area contributed by atoms with Crippen molar-refractivity contribution in [3.63, 3.8) is 0 Å². The number of anilines is 2. The molecule has 8 nitrogen and oxygen atoms in total. The molecule has 0 spiro atoms. The van der Waals surface area contributed by atoms with E-state index in [1.807, 2.05) is 0 Å². The SMILES string of the molecule is CC(=O)N(C)c1cccc(NC(=S)NC(=O)/C=C/c2cccc([N+](=O)[O-])c2)c1. The predicted octanol–water partition coefficient (Wildman–Crippen LogP) is 3.10. The van der Waals surface area contributed by atoms with Crippen molar-refractivity contribution in [3.8, 4) is 0 Å². The van der Waals surface area contributed by atoms with Gasteiger partial charge in [0.25, 0.3) is 5.69 Å². The molecule has 0 aliphatic heterocycles. The van der Waals surface area contributed by atoms with Crippen molar-refractivity contribution in [3.05, 3.63) is 70.3 Å². The van der Waals surface area contributed by atoms with Gasteiger partial charge in [-0.3, -0.25) is 25.0 Å². The zero-order valence-electron chi connectivity index (χ0n) is 15.2. The molecule has 0 fully saturated rings. The van der Waals surface area contributed by atoms with Crippen LogP contribution in [-0.2, 0) is 9.59 Å². The summed E-state index contributed by atoms with van der Waals surface area (Å²) in [5.41, 5.74) is 1.74. The Balaban J connectivity index is 1.97. The third kappa shape index (κ3) is 5.99. The maximum atomic E-state index is 12.0. The van der Waals surface area contributed by atoms with Gasteiger partial charge in [0, 0.05) is 43.6 Å². The van der Waals surface area contributed by atoms with Gasteiger partial charge in [-0.2, -0.15) is 0 Å². The first-order valence-electron chi connectivity index (χ1n) is 8.15. The van der Waals surface area contributed by atoms with E-state index in [1.54, 1.807) is 37.4 Å². The number of nitro benzene ring substituents is 1. The van der Waals surface area contributed by atoms with E-state index in [1.165, 1.54) is 42.2 Å². The standard InChI is InChI=1S/C19H18N4O4S/c1-13(24)22(2)16-7-4-6-15(12-16)20-19(28)21-18(25)10-9-14-5-3-8-17(11-14)23(26)27/h3-12H,1-2H3,(H2,20,21,25,28)/b10-9+. The summed E-state index contributed by atoms with van der Waals surface area (Å²) in [5.74, 6) is -0.597. The molecule has 0 aromatic heterocycles. The van der Waals surface area contributed by atoms with Crippen LogP contribution in [0.3, 0.4) is 0 Å². The Hall–Kier alpha value is -3.59. The van der Waals surface area contributed by atoms with Gasteiger partial charge in [-0.15, -0.1) is 0 Å². The molecule has 2 aromatic carbocycles. The number of non-ortho nitro benzene ring substituents is 1. The van der Waals surface area contributed by atoms with Gasteiger partial charge < -0.3 is 10.2 Å². The molecular weight excluding hydrogens is 380 g/mol. The largest absolute Gasteiger partial charge is 0.332 e. The van der Waals surface area contributed by atoms with E-state index in [4.69, 9.17) is 12.2 Å². The molecule has 0 unspecified atom stereocenters. The van der Waals surface area contributed by atoms with E-state index in [9.17, 15) is 19.7 Å². The Kier molecular flexibility index (Phi) is 6.94. The zero-order valence-corrected chi connectivity index (χ0v) is 16.0. The lowest BCUT2D eigenvalue weighted by atomic mass is 10.2. The minimum Gasteiger partial charge on any atom is -0.332 e. The first-order valence-corrected chi connectivity index (χ1v) is 8.56. The molecule has 2 aromatic rings. The Bertz CT molecular complexity index is 958. The number of carbonyl (C=O) groups excluding carboxylic acids is 2. The third-order valence-corrected chi connectivity index (χ3v) is 3.91. The molecule has 0 atom stereocenters. The van der Waals surface area contributed by atoms with Crippen LogP contribution in [0.15, 0.2) is 54.6 Å². The minimum atomic E-state index is -0.506. The number of amides is 2. The second-order valence-corrected chi connectivity index (χ2v) is 6.17. The van der Waals surface area contributed by atoms with Crippen molar-refractivity contribution in [2.24, 2.45) is 0 Å². The fourth-order valence-corrected chi connectivity index (χ4v) is 2.42. The Morgan fingerprint density at radius 2 is 1.89 bits per heavy atom. The molecule has 2 rings (SSSR count). The van der Waals surface area contributed by atoms with E-state index in [2.05, 4.69) is 10.6 Å². The highest BCUT2D eigenvalue weighted by atomic mass is 32.1. The van der Waals surface area contributed by atoms with Crippen molar-refractivity contribution in [1.82, 2.24) is 5.32 Å².